The molecule has 6 nitrogen and oxygen atoms in total. The van der Waals surface area contributed by atoms with Crippen molar-refractivity contribution in [2.45, 2.75) is 32.4 Å². The number of carbonyl (C=O) groups is 1. The standard InChI is InChI=1S/C23H29N5O/c1-17(2)27-16-19(14-15-25(3)18-10-6-5-7-11-18)26(4)22-24-20-12-8-9-13-21(20)28(22)23(27)29/h5-13,17,19H,14-16H2,1-4H3. The Morgan fingerprint density at radius 3 is 2.52 bits per heavy atom. The quantitative estimate of drug-likeness (QED) is 0.658. The molecule has 1 aliphatic heterocycles. The van der Waals surface area contributed by atoms with Gasteiger partial charge in [0.15, 0.2) is 0 Å². The lowest BCUT2D eigenvalue weighted by Crippen LogP contribution is -2.46. The Morgan fingerprint density at radius 1 is 1.10 bits per heavy atom. The van der Waals surface area contributed by atoms with Gasteiger partial charge in [0.05, 0.1) is 17.1 Å². The number of para-hydroxylation sites is 3. The third kappa shape index (κ3) is 3.55. The number of imidazole rings is 1. The highest BCUT2D eigenvalue weighted by molar-refractivity contribution is 5.93. The van der Waals surface area contributed by atoms with Crippen LogP contribution < -0.4 is 9.80 Å². The van der Waals surface area contributed by atoms with Gasteiger partial charge >= 0.3 is 6.03 Å². The minimum absolute atomic E-state index is 0.00876. The first-order chi connectivity index (χ1) is 14.0. The molecule has 1 atom stereocenters. The number of anilines is 2. The lowest BCUT2D eigenvalue weighted by molar-refractivity contribution is 0.184. The Kier molecular flexibility index (Phi) is 5.18. The molecule has 0 spiro atoms. The van der Waals surface area contributed by atoms with Crippen LogP contribution >= 0.6 is 0 Å². The van der Waals surface area contributed by atoms with Crippen LogP contribution in [0, 0.1) is 0 Å². The molecule has 1 aromatic heterocycles. The minimum atomic E-state index is 0.00876. The van der Waals surface area contributed by atoms with Gasteiger partial charge in [-0.3, -0.25) is 0 Å². The van der Waals surface area contributed by atoms with E-state index >= 15 is 0 Å². The molecule has 0 aliphatic carbocycles. The molecule has 0 bridgehead atoms. The summed E-state index contributed by atoms with van der Waals surface area (Å²) in [5.41, 5.74) is 2.92. The Morgan fingerprint density at radius 2 is 1.79 bits per heavy atom. The fourth-order valence-electron chi connectivity index (χ4n) is 4.03. The molecule has 6 heteroatoms. The Labute approximate surface area is 172 Å². The highest BCUT2D eigenvalue weighted by atomic mass is 16.2. The molecule has 29 heavy (non-hydrogen) atoms. The third-order valence-corrected chi connectivity index (χ3v) is 5.87. The van der Waals surface area contributed by atoms with Crippen LogP contribution in [0.15, 0.2) is 54.6 Å². The molecule has 152 valence electrons. The molecule has 1 aliphatic rings. The molecule has 3 aromatic rings. The molecule has 0 N–H and O–H groups in total. The SMILES string of the molecule is CC(C)N1CC(CCN(C)c2ccccc2)N(C)c2nc3ccccc3n2C1=O. The van der Waals surface area contributed by atoms with Crippen LogP contribution in [0.25, 0.3) is 11.0 Å². The Hall–Kier alpha value is -3.02. The molecule has 2 aromatic carbocycles. The van der Waals surface area contributed by atoms with E-state index < -0.39 is 0 Å². The van der Waals surface area contributed by atoms with E-state index in [-0.39, 0.29) is 18.1 Å². The molecular formula is C23H29N5O. The first-order valence-corrected chi connectivity index (χ1v) is 10.2. The van der Waals surface area contributed by atoms with Crippen LogP contribution in [-0.4, -0.2) is 59.8 Å². The van der Waals surface area contributed by atoms with Crippen molar-refractivity contribution in [3.8, 4) is 0 Å². The fraction of sp³-hybridized carbons (Fsp3) is 0.391. The number of aromatic nitrogens is 2. The van der Waals surface area contributed by atoms with E-state index in [1.807, 2.05) is 35.2 Å². The molecule has 0 radical (unpaired) electrons. The summed E-state index contributed by atoms with van der Waals surface area (Å²) in [4.78, 5) is 24.6. The van der Waals surface area contributed by atoms with Gasteiger partial charge in [0.25, 0.3) is 0 Å². The average Bonchev–Trinajstić information content (AvgIpc) is 3.08. The van der Waals surface area contributed by atoms with Crippen LogP contribution in [0.4, 0.5) is 16.4 Å². The molecule has 0 fully saturated rings. The molecular weight excluding hydrogens is 362 g/mol. The number of fused-ring (bicyclic) bond motifs is 3. The summed E-state index contributed by atoms with van der Waals surface area (Å²) in [7, 11) is 4.18. The lowest BCUT2D eigenvalue weighted by atomic mass is 10.1. The van der Waals surface area contributed by atoms with Crippen LogP contribution in [0.5, 0.6) is 0 Å². The zero-order valence-corrected chi connectivity index (χ0v) is 17.6. The molecule has 2 heterocycles. The number of benzene rings is 2. The molecule has 0 saturated carbocycles. The normalized spacial score (nSPS) is 17.0. The van der Waals surface area contributed by atoms with Gasteiger partial charge in [-0.25, -0.2) is 14.3 Å². The van der Waals surface area contributed by atoms with Crippen LogP contribution in [-0.2, 0) is 0 Å². The van der Waals surface area contributed by atoms with Crippen molar-refractivity contribution in [3.05, 3.63) is 54.6 Å². The maximum absolute atomic E-state index is 13.4. The Bertz CT molecular complexity index is 997. The number of hydrogen-bond acceptors (Lipinski definition) is 4. The molecule has 1 amide bonds. The summed E-state index contributed by atoms with van der Waals surface area (Å²) >= 11 is 0. The van der Waals surface area contributed by atoms with Crippen molar-refractivity contribution in [2.75, 3.05) is 37.0 Å². The van der Waals surface area contributed by atoms with Crippen molar-refractivity contribution in [1.82, 2.24) is 14.5 Å². The van der Waals surface area contributed by atoms with Gasteiger partial charge in [-0.05, 0) is 44.5 Å². The summed E-state index contributed by atoms with van der Waals surface area (Å²) in [6.07, 6.45) is 0.932. The summed E-state index contributed by atoms with van der Waals surface area (Å²) < 4.78 is 1.77. The van der Waals surface area contributed by atoms with Gasteiger partial charge < -0.3 is 14.7 Å². The Balaban J connectivity index is 1.65. The van der Waals surface area contributed by atoms with Crippen molar-refractivity contribution in [3.63, 3.8) is 0 Å². The van der Waals surface area contributed by atoms with E-state index in [1.165, 1.54) is 5.69 Å². The topological polar surface area (TPSA) is 44.6 Å². The van der Waals surface area contributed by atoms with E-state index in [0.717, 1.165) is 29.9 Å². The van der Waals surface area contributed by atoms with Crippen molar-refractivity contribution >= 4 is 28.7 Å². The van der Waals surface area contributed by atoms with Gasteiger partial charge in [-0.1, -0.05) is 30.3 Å². The predicted molar refractivity (Wildman–Crippen MR) is 119 cm³/mol. The number of rotatable bonds is 5. The fourth-order valence-corrected chi connectivity index (χ4v) is 4.03. The molecule has 4 rings (SSSR count). The van der Waals surface area contributed by atoms with Gasteiger partial charge in [-0.15, -0.1) is 0 Å². The van der Waals surface area contributed by atoms with E-state index in [9.17, 15) is 4.79 Å². The predicted octanol–water partition coefficient (Wildman–Crippen LogP) is 4.06. The van der Waals surface area contributed by atoms with Crippen LogP contribution in [0.3, 0.4) is 0 Å². The van der Waals surface area contributed by atoms with Gasteiger partial charge in [0, 0.05) is 38.9 Å². The summed E-state index contributed by atoms with van der Waals surface area (Å²) in [5.74, 6) is 0.728. The highest BCUT2D eigenvalue weighted by Crippen LogP contribution is 2.28. The van der Waals surface area contributed by atoms with E-state index in [2.05, 4.69) is 62.0 Å². The summed E-state index contributed by atoms with van der Waals surface area (Å²) in [6, 6.07) is 18.6. The average molecular weight is 392 g/mol. The number of hydrogen-bond donors (Lipinski definition) is 0. The maximum Gasteiger partial charge on any atom is 0.331 e. The molecule has 1 unspecified atom stereocenters. The zero-order chi connectivity index (χ0) is 20.5. The summed E-state index contributed by atoms with van der Waals surface area (Å²) in [6.45, 7) is 5.75. The molecule has 0 saturated heterocycles. The zero-order valence-electron chi connectivity index (χ0n) is 17.6. The lowest BCUT2D eigenvalue weighted by Gasteiger charge is -2.32. The minimum Gasteiger partial charge on any atom is -0.375 e. The van der Waals surface area contributed by atoms with Crippen molar-refractivity contribution in [1.29, 1.82) is 0 Å². The number of likely N-dealkylation sites (N-methyl/N-ethyl adjacent to an activating group) is 1. The second kappa shape index (κ2) is 7.78. The number of amides is 1. The van der Waals surface area contributed by atoms with E-state index in [4.69, 9.17) is 4.98 Å². The summed E-state index contributed by atoms with van der Waals surface area (Å²) in [5, 5.41) is 0. The number of nitrogens with zero attached hydrogens (tertiary/aromatic N) is 5. The van der Waals surface area contributed by atoms with Crippen LogP contribution in [0.2, 0.25) is 0 Å². The second-order valence-electron chi connectivity index (χ2n) is 8.08. The highest BCUT2D eigenvalue weighted by Gasteiger charge is 2.34. The largest absolute Gasteiger partial charge is 0.375 e. The van der Waals surface area contributed by atoms with Crippen LogP contribution in [0.1, 0.15) is 20.3 Å². The van der Waals surface area contributed by atoms with Crippen molar-refractivity contribution < 1.29 is 4.79 Å². The van der Waals surface area contributed by atoms with Gasteiger partial charge in [0.1, 0.15) is 0 Å². The van der Waals surface area contributed by atoms with E-state index in [1.54, 1.807) is 4.57 Å². The number of carbonyl (C=O) groups excluding carboxylic acids is 1. The third-order valence-electron chi connectivity index (χ3n) is 5.87. The van der Waals surface area contributed by atoms with E-state index in [0.29, 0.717) is 6.54 Å². The van der Waals surface area contributed by atoms with Crippen molar-refractivity contribution in [2.24, 2.45) is 0 Å². The monoisotopic (exact) mass is 391 g/mol. The first-order valence-electron chi connectivity index (χ1n) is 10.2. The maximum atomic E-state index is 13.4. The smallest absolute Gasteiger partial charge is 0.331 e. The second-order valence-corrected chi connectivity index (χ2v) is 8.08. The van der Waals surface area contributed by atoms with Gasteiger partial charge in [-0.2, -0.15) is 0 Å². The first kappa shape index (κ1) is 19.3. The van der Waals surface area contributed by atoms with Gasteiger partial charge in [0.2, 0.25) is 5.95 Å².